The fourth-order valence-electron chi connectivity index (χ4n) is 5.77. The summed E-state index contributed by atoms with van der Waals surface area (Å²) >= 11 is 0. The van der Waals surface area contributed by atoms with Crippen LogP contribution in [0, 0.1) is 17.6 Å². The van der Waals surface area contributed by atoms with Crippen molar-refractivity contribution in [1.82, 2.24) is 10.2 Å². The molecule has 1 saturated carbocycles. The molecular formula is C32H29F2N3O3. The van der Waals surface area contributed by atoms with Crippen molar-refractivity contribution in [1.29, 1.82) is 0 Å². The van der Waals surface area contributed by atoms with Crippen LogP contribution in [0.1, 0.15) is 48.4 Å². The fraction of sp³-hybridized carbons (Fsp3) is 0.281. The van der Waals surface area contributed by atoms with E-state index in [0.29, 0.717) is 35.4 Å². The SMILES string of the molecule is O=C(N[C@H](c1cccc(F)c1)C1CC1=O)C1=C(CN2CCCCC2=O)N(c2ccccc2)Cc2c(F)cccc21. The van der Waals surface area contributed by atoms with Gasteiger partial charge in [0.05, 0.1) is 30.4 Å². The lowest BCUT2D eigenvalue weighted by Crippen LogP contribution is -2.43. The van der Waals surface area contributed by atoms with Crippen molar-refractivity contribution in [2.75, 3.05) is 18.0 Å². The topological polar surface area (TPSA) is 69.7 Å². The van der Waals surface area contributed by atoms with Gasteiger partial charge in [-0.05, 0) is 54.3 Å². The van der Waals surface area contributed by atoms with Crippen molar-refractivity contribution >= 4 is 28.9 Å². The summed E-state index contributed by atoms with van der Waals surface area (Å²) in [6.07, 6.45) is 2.42. The first-order chi connectivity index (χ1) is 19.4. The predicted octanol–water partition coefficient (Wildman–Crippen LogP) is 5.16. The number of anilines is 1. The van der Waals surface area contributed by atoms with Crippen molar-refractivity contribution in [3.8, 4) is 0 Å². The number of carbonyl (C=O) groups is 3. The first kappa shape index (κ1) is 25.9. The maximum Gasteiger partial charge on any atom is 0.254 e. The number of benzene rings is 3. The molecule has 204 valence electrons. The molecule has 2 aliphatic heterocycles. The minimum absolute atomic E-state index is 0.0105. The van der Waals surface area contributed by atoms with E-state index in [-0.39, 0.29) is 36.8 Å². The molecule has 0 bridgehead atoms. The number of rotatable bonds is 7. The van der Waals surface area contributed by atoms with Crippen LogP contribution in [0.4, 0.5) is 14.5 Å². The van der Waals surface area contributed by atoms with Crippen LogP contribution < -0.4 is 10.2 Å². The molecule has 1 N–H and O–H groups in total. The number of fused-ring (bicyclic) bond motifs is 1. The summed E-state index contributed by atoms with van der Waals surface area (Å²) in [6.45, 7) is 0.937. The number of halogens is 2. The highest BCUT2D eigenvalue weighted by molar-refractivity contribution is 6.22. The number of nitrogens with zero attached hydrogens (tertiary/aromatic N) is 2. The third-order valence-electron chi connectivity index (χ3n) is 7.95. The van der Waals surface area contributed by atoms with Gasteiger partial charge in [-0.1, -0.05) is 42.5 Å². The quantitative estimate of drug-likeness (QED) is 0.449. The Morgan fingerprint density at radius 1 is 0.975 bits per heavy atom. The van der Waals surface area contributed by atoms with Crippen molar-refractivity contribution in [2.24, 2.45) is 5.92 Å². The molecule has 40 heavy (non-hydrogen) atoms. The summed E-state index contributed by atoms with van der Waals surface area (Å²) in [6, 6.07) is 19.2. The molecule has 2 amide bonds. The zero-order valence-electron chi connectivity index (χ0n) is 21.9. The molecule has 2 atom stereocenters. The monoisotopic (exact) mass is 541 g/mol. The fourth-order valence-corrected chi connectivity index (χ4v) is 5.77. The second-order valence-corrected chi connectivity index (χ2v) is 10.6. The van der Waals surface area contributed by atoms with Crippen LogP contribution in [0.5, 0.6) is 0 Å². The molecule has 1 unspecified atom stereocenters. The average Bonchev–Trinajstić information content (AvgIpc) is 3.69. The van der Waals surface area contributed by atoms with E-state index in [0.717, 1.165) is 18.5 Å². The molecule has 8 heteroatoms. The van der Waals surface area contributed by atoms with Gasteiger partial charge < -0.3 is 15.1 Å². The van der Waals surface area contributed by atoms with Crippen molar-refractivity contribution in [2.45, 2.75) is 38.3 Å². The molecule has 0 spiro atoms. The van der Waals surface area contributed by atoms with E-state index in [4.69, 9.17) is 0 Å². The largest absolute Gasteiger partial charge is 0.344 e. The van der Waals surface area contributed by atoms with Gasteiger partial charge >= 0.3 is 0 Å². The third kappa shape index (κ3) is 5.01. The number of nitrogens with one attached hydrogen (secondary N) is 1. The Labute approximate surface area is 231 Å². The zero-order valence-corrected chi connectivity index (χ0v) is 21.9. The van der Waals surface area contributed by atoms with Gasteiger partial charge in [-0.3, -0.25) is 14.4 Å². The molecule has 6 nitrogen and oxygen atoms in total. The van der Waals surface area contributed by atoms with Crippen LogP contribution in [0.25, 0.3) is 5.57 Å². The Kier molecular flexibility index (Phi) is 6.92. The number of carbonyl (C=O) groups excluding carboxylic acids is 3. The number of para-hydroxylation sites is 1. The van der Waals surface area contributed by atoms with Crippen LogP contribution in [0.3, 0.4) is 0 Å². The summed E-state index contributed by atoms with van der Waals surface area (Å²) in [5, 5.41) is 3.00. The van der Waals surface area contributed by atoms with Crippen molar-refractivity contribution in [3.05, 3.63) is 107 Å². The standard InChI is InChI=1S/C32H29F2N3O3/c33-21-9-6-8-20(16-21)31(24-17-28(24)38)35-32(40)30-23-12-7-13-26(34)25(23)18-37(22-10-2-1-3-11-22)27(30)19-36-15-5-4-14-29(36)39/h1-3,6-13,16,24,31H,4-5,14-15,17-19H2,(H,35,40)/t24?,31-/m1/s1. The van der Waals surface area contributed by atoms with Gasteiger partial charge in [0, 0.05) is 36.6 Å². The first-order valence-electron chi connectivity index (χ1n) is 13.6. The summed E-state index contributed by atoms with van der Waals surface area (Å²) in [5.41, 5.74) is 2.90. The number of hydrogen-bond donors (Lipinski definition) is 1. The Morgan fingerprint density at radius 3 is 2.48 bits per heavy atom. The maximum atomic E-state index is 15.3. The van der Waals surface area contributed by atoms with E-state index in [1.54, 1.807) is 29.2 Å². The van der Waals surface area contributed by atoms with Gasteiger partial charge in [0.25, 0.3) is 5.91 Å². The molecule has 0 aromatic heterocycles. The molecule has 2 heterocycles. The van der Waals surface area contributed by atoms with Gasteiger partial charge in [-0.25, -0.2) is 8.78 Å². The normalized spacial score (nSPS) is 19.4. The summed E-state index contributed by atoms with van der Waals surface area (Å²) in [7, 11) is 0. The van der Waals surface area contributed by atoms with E-state index >= 15 is 4.39 Å². The van der Waals surface area contributed by atoms with Crippen LogP contribution in [-0.2, 0) is 20.9 Å². The lowest BCUT2D eigenvalue weighted by molar-refractivity contribution is -0.132. The highest BCUT2D eigenvalue weighted by atomic mass is 19.1. The molecule has 1 aliphatic carbocycles. The molecule has 1 saturated heterocycles. The highest BCUT2D eigenvalue weighted by Gasteiger charge is 2.44. The van der Waals surface area contributed by atoms with Crippen LogP contribution in [-0.4, -0.2) is 35.6 Å². The molecule has 3 aromatic rings. The second kappa shape index (κ2) is 10.7. The minimum atomic E-state index is -0.731. The summed E-state index contributed by atoms with van der Waals surface area (Å²) in [4.78, 5) is 43.0. The average molecular weight is 542 g/mol. The van der Waals surface area contributed by atoms with Gasteiger partial charge in [0.2, 0.25) is 5.91 Å². The lowest BCUT2D eigenvalue weighted by Gasteiger charge is -2.38. The van der Waals surface area contributed by atoms with E-state index in [1.807, 2.05) is 35.2 Å². The van der Waals surface area contributed by atoms with E-state index in [1.165, 1.54) is 18.2 Å². The van der Waals surface area contributed by atoms with Crippen LogP contribution in [0.15, 0.2) is 78.5 Å². The van der Waals surface area contributed by atoms with Crippen LogP contribution >= 0.6 is 0 Å². The van der Waals surface area contributed by atoms with Crippen molar-refractivity contribution < 1.29 is 23.2 Å². The van der Waals surface area contributed by atoms with E-state index in [9.17, 15) is 18.8 Å². The summed E-state index contributed by atoms with van der Waals surface area (Å²) in [5.74, 6) is -1.86. The van der Waals surface area contributed by atoms with E-state index in [2.05, 4.69) is 5.32 Å². The first-order valence-corrected chi connectivity index (χ1v) is 13.6. The van der Waals surface area contributed by atoms with Gasteiger partial charge in [-0.2, -0.15) is 0 Å². The molecule has 3 aromatic carbocycles. The Hall–Kier alpha value is -4.33. The van der Waals surface area contributed by atoms with Gasteiger partial charge in [0.15, 0.2) is 0 Å². The van der Waals surface area contributed by atoms with E-state index < -0.39 is 29.5 Å². The lowest BCUT2D eigenvalue weighted by atomic mass is 9.90. The predicted molar refractivity (Wildman–Crippen MR) is 147 cm³/mol. The third-order valence-corrected chi connectivity index (χ3v) is 7.95. The molecule has 2 fully saturated rings. The Morgan fingerprint density at radius 2 is 1.75 bits per heavy atom. The Balaban J connectivity index is 1.48. The molecule has 6 rings (SSSR count). The van der Waals surface area contributed by atoms with Gasteiger partial charge in [-0.15, -0.1) is 0 Å². The number of amides is 2. The number of piperidine rings is 1. The van der Waals surface area contributed by atoms with Crippen molar-refractivity contribution in [3.63, 3.8) is 0 Å². The maximum absolute atomic E-state index is 15.3. The smallest absolute Gasteiger partial charge is 0.254 e. The number of ketones is 1. The highest BCUT2D eigenvalue weighted by Crippen LogP contribution is 2.41. The minimum Gasteiger partial charge on any atom is -0.344 e. The van der Waals surface area contributed by atoms with Crippen LogP contribution in [0.2, 0.25) is 0 Å². The molecule has 3 aliphatic rings. The molecule has 0 radical (unpaired) electrons. The molecular weight excluding hydrogens is 512 g/mol. The number of likely N-dealkylation sites (tertiary alicyclic amines) is 1. The zero-order chi connectivity index (χ0) is 27.8. The van der Waals surface area contributed by atoms with Gasteiger partial charge in [0.1, 0.15) is 17.4 Å². The Bertz CT molecular complexity index is 1520. The second-order valence-electron chi connectivity index (χ2n) is 10.6. The summed E-state index contributed by atoms with van der Waals surface area (Å²) < 4.78 is 29.4. The number of hydrogen-bond acceptors (Lipinski definition) is 4. The number of Topliss-reactive ketones (excluding diaryl/α,β-unsaturated/α-hetero) is 1.